The van der Waals surface area contributed by atoms with Crippen LogP contribution in [0, 0.1) is 25.6 Å². The minimum absolute atomic E-state index is 0. The molecule has 0 saturated heterocycles. The molecule has 0 bridgehead atoms. The summed E-state index contributed by atoms with van der Waals surface area (Å²) in [6.07, 6.45) is 2.36. The number of rotatable bonds is 8. The molecule has 3 rings (SSSR count). The summed E-state index contributed by atoms with van der Waals surface area (Å²) < 4.78 is 25.5. The Bertz CT molecular complexity index is 817. The summed E-state index contributed by atoms with van der Waals surface area (Å²) in [5, 5.41) is 6.49. The summed E-state index contributed by atoms with van der Waals surface area (Å²) >= 11 is 0. The first kappa shape index (κ1) is 23.4. The third kappa shape index (κ3) is 6.87. The summed E-state index contributed by atoms with van der Waals surface area (Å²) in [6, 6.07) is 4.98. The van der Waals surface area contributed by atoms with Crippen molar-refractivity contribution in [3.8, 4) is 5.75 Å². The molecule has 6 nitrogen and oxygen atoms in total. The van der Waals surface area contributed by atoms with E-state index in [0.717, 1.165) is 17.0 Å². The van der Waals surface area contributed by atoms with Gasteiger partial charge in [-0.05, 0) is 64.2 Å². The Morgan fingerprint density at radius 1 is 1.38 bits per heavy atom. The highest BCUT2D eigenvalue weighted by molar-refractivity contribution is 14.0. The third-order valence-corrected chi connectivity index (χ3v) is 4.77. The van der Waals surface area contributed by atoms with Crippen molar-refractivity contribution < 1.29 is 13.5 Å². The zero-order valence-corrected chi connectivity index (χ0v) is 19.7. The van der Waals surface area contributed by atoms with Crippen molar-refractivity contribution in [2.24, 2.45) is 10.9 Å². The average Bonchev–Trinajstić information content (AvgIpc) is 3.43. The van der Waals surface area contributed by atoms with Crippen LogP contribution >= 0.6 is 24.0 Å². The molecule has 1 aliphatic carbocycles. The maximum absolute atomic E-state index is 14.4. The maximum atomic E-state index is 14.4. The Labute approximate surface area is 188 Å². The molecule has 1 fully saturated rings. The molecule has 2 aromatic rings. The number of hydrogen-bond acceptors (Lipinski definition) is 4. The number of nitrogens with one attached hydrogen (secondary N) is 2. The lowest BCUT2D eigenvalue weighted by Gasteiger charge is -2.18. The monoisotopic (exact) mass is 516 g/mol. The average molecular weight is 516 g/mol. The Morgan fingerprint density at radius 2 is 2.14 bits per heavy atom. The molecule has 1 heterocycles. The number of oxazole rings is 1. The van der Waals surface area contributed by atoms with Gasteiger partial charge in [0.2, 0.25) is 5.89 Å². The lowest BCUT2D eigenvalue weighted by Crippen LogP contribution is -2.38. The standard InChI is InChI=1S/C21H29FN4O2.HI/c1-5-23-21(24-11-20-25-13(2)15(4)28-20)26-14(3)17-8-9-19(18(22)10-17)27-12-16-6-7-16;/h8-10,14,16H,5-7,11-12H2,1-4H3,(H2,23,24,26);1H. The molecule has 0 spiro atoms. The first-order chi connectivity index (χ1) is 13.5. The molecule has 8 heteroatoms. The Hall–Kier alpha value is -1.84. The van der Waals surface area contributed by atoms with E-state index in [4.69, 9.17) is 9.15 Å². The molecule has 1 aromatic carbocycles. The van der Waals surface area contributed by atoms with Crippen molar-refractivity contribution in [1.82, 2.24) is 15.6 Å². The first-order valence-corrected chi connectivity index (χ1v) is 9.86. The second kappa shape index (κ2) is 10.8. The van der Waals surface area contributed by atoms with Crippen molar-refractivity contribution in [3.63, 3.8) is 0 Å². The quantitative estimate of drug-likeness (QED) is 0.304. The van der Waals surface area contributed by atoms with Gasteiger partial charge >= 0.3 is 0 Å². The highest BCUT2D eigenvalue weighted by Crippen LogP contribution is 2.30. The molecule has 29 heavy (non-hydrogen) atoms. The Balaban J connectivity index is 0.00000300. The first-order valence-electron chi connectivity index (χ1n) is 9.86. The second-order valence-corrected chi connectivity index (χ2v) is 7.25. The maximum Gasteiger partial charge on any atom is 0.216 e. The molecule has 0 amide bonds. The number of halogens is 2. The van der Waals surface area contributed by atoms with Crippen molar-refractivity contribution >= 4 is 29.9 Å². The minimum atomic E-state index is -0.334. The highest BCUT2D eigenvalue weighted by atomic mass is 127. The van der Waals surface area contributed by atoms with Crippen LogP contribution in [0.4, 0.5) is 4.39 Å². The molecular formula is C21H30FIN4O2. The van der Waals surface area contributed by atoms with Crippen molar-refractivity contribution in [1.29, 1.82) is 0 Å². The lowest BCUT2D eigenvalue weighted by atomic mass is 10.1. The molecule has 0 radical (unpaired) electrons. The zero-order chi connectivity index (χ0) is 20.1. The highest BCUT2D eigenvalue weighted by Gasteiger charge is 2.22. The van der Waals surface area contributed by atoms with Gasteiger partial charge in [-0.25, -0.2) is 14.4 Å². The van der Waals surface area contributed by atoms with Gasteiger partial charge in [-0.15, -0.1) is 24.0 Å². The summed E-state index contributed by atoms with van der Waals surface area (Å²) in [4.78, 5) is 8.86. The van der Waals surface area contributed by atoms with Crippen molar-refractivity contribution in [3.05, 3.63) is 46.9 Å². The molecule has 1 aromatic heterocycles. The molecular weight excluding hydrogens is 486 g/mol. The fraction of sp³-hybridized carbons (Fsp3) is 0.524. The zero-order valence-electron chi connectivity index (χ0n) is 17.4. The summed E-state index contributed by atoms with van der Waals surface area (Å²) in [5.74, 6) is 2.57. The van der Waals surface area contributed by atoms with Crippen LogP contribution in [-0.4, -0.2) is 24.1 Å². The van der Waals surface area contributed by atoms with Crippen LogP contribution in [-0.2, 0) is 6.54 Å². The van der Waals surface area contributed by atoms with Gasteiger partial charge in [0.15, 0.2) is 17.5 Å². The van der Waals surface area contributed by atoms with Gasteiger partial charge in [0.1, 0.15) is 12.3 Å². The van der Waals surface area contributed by atoms with Crippen LogP contribution in [0.3, 0.4) is 0 Å². The molecule has 0 aliphatic heterocycles. The molecule has 1 unspecified atom stereocenters. The van der Waals surface area contributed by atoms with Crippen LogP contribution in [0.15, 0.2) is 27.6 Å². The number of nitrogens with zero attached hydrogens (tertiary/aromatic N) is 2. The number of aliphatic imine (C=N–C) groups is 1. The van der Waals surface area contributed by atoms with E-state index in [1.807, 2.05) is 33.8 Å². The normalized spacial score (nSPS) is 14.9. The summed E-state index contributed by atoms with van der Waals surface area (Å²) in [5.41, 5.74) is 1.70. The van der Waals surface area contributed by atoms with Gasteiger partial charge in [-0.2, -0.15) is 0 Å². The van der Waals surface area contributed by atoms with Gasteiger partial charge < -0.3 is 19.8 Å². The van der Waals surface area contributed by atoms with Crippen LogP contribution < -0.4 is 15.4 Å². The number of ether oxygens (including phenoxy) is 1. The minimum Gasteiger partial charge on any atom is -0.490 e. The predicted octanol–water partition coefficient (Wildman–Crippen LogP) is 4.65. The molecule has 1 aliphatic rings. The fourth-order valence-electron chi connectivity index (χ4n) is 2.76. The van der Waals surface area contributed by atoms with E-state index in [0.29, 0.717) is 43.2 Å². The van der Waals surface area contributed by atoms with E-state index >= 15 is 0 Å². The molecule has 2 N–H and O–H groups in total. The summed E-state index contributed by atoms with van der Waals surface area (Å²) in [7, 11) is 0. The van der Waals surface area contributed by atoms with E-state index in [1.165, 1.54) is 18.9 Å². The van der Waals surface area contributed by atoms with E-state index < -0.39 is 0 Å². The van der Waals surface area contributed by atoms with Gasteiger partial charge in [-0.3, -0.25) is 0 Å². The van der Waals surface area contributed by atoms with E-state index in [9.17, 15) is 4.39 Å². The number of guanidine groups is 1. The molecule has 1 atom stereocenters. The molecule has 160 valence electrons. The molecule has 1 saturated carbocycles. The summed E-state index contributed by atoms with van der Waals surface area (Å²) in [6.45, 7) is 9.39. The van der Waals surface area contributed by atoms with Gasteiger partial charge in [0, 0.05) is 6.54 Å². The number of benzene rings is 1. The van der Waals surface area contributed by atoms with E-state index in [-0.39, 0.29) is 35.8 Å². The van der Waals surface area contributed by atoms with E-state index in [2.05, 4.69) is 20.6 Å². The number of aromatic nitrogens is 1. The van der Waals surface area contributed by atoms with Gasteiger partial charge in [0.05, 0.1) is 18.3 Å². The van der Waals surface area contributed by atoms with Gasteiger partial charge in [-0.1, -0.05) is 6.07 Å². The van der Waals surface area contributed by atoms with Crippen LogP contribution in [0.2, 0.25) is 0 Å². The smallest absolute Gasteiger partial charge is 0.216 e. The number of aryl methyl sites for hydroxylation is 2. The number of hydrogen-bond donors (Lipinski definition) is 2. The predicted molar refractivity (Wildman–Crippen MR) is 122 cm³/mol. The third-order valence-electron chi connectivity index (χ3n) is 4.77. The Morgan fingerprint density at radius 3 is 2.72 bits per heavy atom. The van der Waals surface area contributed by atoms with Gasteiger partial charge in [0.25, 0.3) is 0 Å². The Kier molecular flexibility index (Phi) is 8.73. The van der Waals surface area contributed by atoms with Crippen molar-refractivity contribution in [2.45, 2.75) is 53.1 Å². The van der Waals surface area contributed by atoms with Crippen LogP contribution in [0.1, 0.15) is 55.6 Å². The van der Waals surface area contributed by atoms with Crippen molar-refractivity contribution in [2.75, 3.05) is 13.2 Å². The SMILES string of the molecule is CCNC(=NCc1nc(C)c(C)o1)NC(C)c1ccc(OCC2CC2)c(F)c1.I. The van der Waals surface area contributed by atoms with Crippen LogP contribution in [0.5, 0.6) is 5.75 Å². The van der Waals surface area contributed by atoms with Crippen LogP contribution in [0.25, 0.3) is 0 Å². The fourth-order valence-corrected chi connectivity index (χ4v) is 2.76. The lowest BCUT2D eigenvalue weighted by molar-refractivity contribution is 0.285. The topological polar surface area (TPSA) is 71.7 Å². The van der Waals surface area contributed by atoms with E-state index in [1.54, 1.807) is 6.07 Å². The largest absolute Gasteiger partial charge is 0.490 e. The second-order valence-electron chi connectivity index (χ2n) is 7.25.